The molecule has 1 atom stereocenters. The summed E-state index contributed by atoms with van der Waals surface area (Å²) in [7, 11) is 0. The highest BCUT2D eigenvalue weighted by Gasteiger charge is 2.10. The fourth-order valence-corrected chi connectivity index (χ4v) is 2.06. The van der Waals surface area contributed by atoms with E-state index >= 15 is 0 Å². The quantitative estimate of drug-likeness (QED) is 0.857. The number of nitrogens with zero attached hydrogens (tertiary/aromatic N) is 2. The molecule has 4 N–H and O–H groups in total. The van der Waals surface area contributed by atoms with Crippen LogP contribution in [0.2, 0.25) is 0 Å². The number of halogens is 1. The highest BCUT2D eigenvalue weighted by Crippen LogP contribution is 2.14. The monoisotopic (exact) mass is 252 g/mol. The average Bonchev–Trinajstić information content (AvgIpc) is 2.80. The number of nitrogens with two attached hydrogens (primary N) is 2. The van der Waals surface area contributed by atoms with E-state index in [-0.39, 0.29) is 11.9 Å². The van der Waals surface area contributed by atoms with Gasteiger partial charge in [-0.1, -0.05) is 12.1 Å². The number of hydrogen-bond acceptors (Lipinski definition) is 5. The molecule has 0 fully saturated rings. The minimum Gasteiger partial charge on any atom is -0.329 e. The second kappa shape index (κ2) is 5.31. The first-order chi connectivity index (χ1) is 8.19. The third-order valence-electron chi connectivity index (χ3n) is 2.33. The van der Waals surface area contributed by atoms with Gasteiger partial charge in [-0.2, -0.15) is 4.37 Å². The Morgan fingerprint density at radius 2 is 2.00 bits per heavy atom. The molecule has 1 heterocycles. The first-order valence-electron chi connectivity index (χ1n) is 5.21. The second-order valence-electron chi connectivity index (χ2n) is 3.69. The van der Waals surface area contributed by atoms with Gasteiger partial charge in [-0.3, -0.25) is 0 Å². The average molecular weight is 252 g/mol. The molecule has 2 rings (SSSR count). The van der Waals surface area contributed by atoms with E-state index in [9.17, 15) is 4.39 Å². The number of hydrogen-bond donors (Lipinski definition) is 2. The van der Waals surface area contributed by atoms with Crippen LogP contribution in [0.1, 0.15) is 22.4 Å². The molecule has 0 aliphatic carbocycles. The minimum atomic E-state index is -0.255. The molecule has 2 aromatic rings. The lowest BCUT2D eigenvalue weighted by atomic mass is 10.1. The predicted octanol–water partition coefficient (Wildman–Crippen LogP) is 1.23. The first kappa shape index (κ1) is 12.1. The van der Waals surface area contributed by atoms with E-state index in [1.165, 1.54) is 23.7 Å². The third-order valence-corrected chi connectivity index (χ3v) is 3.21. The van der Waals surface area contributed by atoms with Gasteiger partial charge < -0.3 is 11.5 Å². The Morgan fingerprint density at radius 1 is 1.29 bits per heavy atom. The molecule has 0 radical (unpaired) electrons. The molecule has 0 aliphatic rings. The maximum Gasteiger partial charge on any atom is 0.147 e. The molecule has 6 heteroatoms. The molecular formula is C11H13FN4S. The summed E-state index contributed by atoms with van der Waals surface area (Å²) in [5.74, 6) is 0.450. The fourth-order valence-electron chi connectivity index (χ4n) is 1.38. The summed E-state index contributed by atoms with van der Waals surface area (Å²) in [6.07, 6.45) is 0.577. The van der Waals surface area contributed by atoms with Gasteiger partial charge in [0.15, 0.2) is 0 Å². The minimum absolute atomic E-state index is 0.245. The van der Waals surface area contributed by atoms with Crippen LogP contribution in [0.4, 0.5) is 4.39 Å². The van der Waals surface area contributed by atoms with E-state index in [0.29, 0.717) is 18.8 Å². The summed E-state index contributed by atoms with van der Waals surface area (Å²) < 4.78 is 16.9. The van der Waals surface area contributed by atoms with Gasteiger partial charge in [0.2, 0.25) is 0 Å². The van der Waals surface area contributed by atoms with Crippen molar-refractivity contribution in [2.24, 2.45) is 11.5 Å². The Labute approximate surface area is 103 Å². The molecule has 90 valence electrons. The zero-order valence-corrected chi connectivity index (χ0v) is 9.95. The largest absolute Gasteiger partial charge is 0.329 e. The van der Waals surface area contributed by atoms with E-state index in [1.807, 2.05) is 0 Å². The molecule has 17 heavy (non-hydrogen) atoms. The van der Waals surface area contributed by atoms with Crippen LogP contribution in [0, 0.1) is 5.82 Å². The van der Waals surface area contributed by atoms with Gasteiger partial charge in [0.25, 0.3) is 0 Å². The lowest BCUT2D eigenvalue weighted by Gasteiger charge is -2.01. The maximum absolute atomic E-state index is 12.7. The van der Waals surface area contributed by atoms with Crippen LogP contribution in [0.25, 0.3) is 0 Å². The van der Waals surface area contributed by atoms with E-state index in [4.69, 9.17) is 11.5 Å². The lowest BCUT2D eigenvalue weighted by molar-refractivity contribution is 0.627. The van der Waals surface area contributed by atoms with E-state index in [0.717, 1.165) is 10.6 Å². The number of aromatic nitrogens is 2. The van der Waals surface area contributed by atoms with Crippen molar-refractivity contribution in [1.82, 2.24) is 9.36 Å². The van der Waals surface area contributed by atoms with Gasteiger partial charge in [-0.15, -0.1) is 0 Å². The Hall–Kier alpha value is -1.37. The molecule has 0 saturated heterocycles. The van der Waals surface area contributed by atoms with Crippen LogP contribution in [0.5, 0.6) is 0 Å². The fraction of sp³-hybridized carbons (Fsp3) is 0.273. The molecule has 1 aromatic heterocycles. The van der Waals surface area contributed by atoms with E-state index in [1.54, 1.807) is 12.1 Å². The molecule has 0 saturated carbocycles. The Bertz CT molecular complexity index is 482. The zero-order valence-electron chi connectivity index (χ0n) is 9.14. The van der Waals surface area contributed by atoms with Gasteiger partial charge in [0.05, 0.1) is 6.04 Å². The van der Waals surface area contributed by atoms with Crippen molar-refractivity contribution in [2.75, 3.05) is 6.54 Å². The highest BCUT2D eigenvalue weighted by molar-refractivity contribution is 7.05. The molecular weight excluding hydrogens is 239 g/mol. The van der Waals surface area contributed by atoms with E-state index < -0.39 is 0 Å². The third kappa shape index (κ3) is 3.06. The van der Waals surface area contributed by atoms with Crippen LogP contribution in [-0.2, 0) is 6.42 Å². The second-order valence-corrected chi connectivity index (χ2v) is 4.48. The molecule has 0 bridgehead atoms. The molecule has 1 aromatic carbocycles. The summed E-state index contributed by atoms with van der Waals surface area (Å²) in [6, 6.07) is 6.04. The van der Waals surface area contributed by atoms with Crippen LogP contribution in [0.3, 0.4) is 0 Å². The van der Waals surface area contributed by atoms with Crippen molar-refractivity contribution in [3.63, 3.8) is 0 Å². The van der Waals surface area contributed by atoms with Gasteiger partial charge in [0, 0.05) is 13.0 Å². The first-order valence-corrected chi connectivity index (χ1v) is 5.99. The topological polar surface area (TPSA) is 77.8 Å². The van der Waals surface area contributed by atoms with E-state index in [2.05, 4.69) is 9.36 Å². The van der Waals surface area contributed by atoms with Gasteiger partial charge >= 0.3 is 0 Å². The molecule has 0 aliphatic heterocycles. The molecule has 4 nitrogen and oxygen atoms in total. The van der Waals surface area contributed by atoms with Gasteiger partial charge in [-0.25, -0.2) is 9.37 Å². The molecule has 1 unspecified atom stereocenters. The zero-order chi connectivity index (χ0) is 12.3. The smallest absolute Gasteiger partial charge is 0.147 e. The summed E-state index contributed by atoms with van der Waals surface area (Å²) in [5, 5.41) is 0.740. The summed E-state index contributed by atoms with van der Waals surface area (Å²) >= 11 is 1.26. The SMILES string of the molecule is NCC(N)c1nc(Cc2ccc(F)cc2)ns1. The van der Waals surface area contributed by atoms with Crippen molar-refractivity contribution in [2.45, 2.75) is 12.5 Å². The Balaban J connectivity index is 2.08. The predicted molar refractivity (Wildman–Crippen MR) is 65.1 cm³/mol. The van der Waals surface area contributed by atoms with Gasteiger partial charge in [-0.05, 0) is 29.2 Å². The summed E-state index contributed by atoms with van der Waals surface area (Å²) in [4.78, 5) is 4.31. The van der Waals surface area contributed by atoms with Crippen LogP contribution < -0.4 is 11.5 Å². The summed E-state index contributed by atoms with van der Waals surface area (Å²) in [5.41, 5.74) is 12.2. The van der Waals surface area contributed by atoms with Gasteiger partial charge in [0.1, 0.15) is 16.6 Å². The van der Waals surface area contributed by atoms with Crippen LogP contribution >= 0.6 is 11.5 Å². The van der Waals surface area contributed by atoms with Crippen molar-refractivity contribution in [3.8, 4) is 0 Å². The highest BCUT2D eigenvalue weighted by atomic mass is 32.1. The van der Waals surface area contributed by atoms with Crippen LogP contribution in [0.15, 0.2) is 24.3 Å². The summed E-state index contributed by atoms with van der Waals surface area (Å²) in [6.45, 7) is 0.352. The number of benzene rings is 1. The number of rotatable bonds is 4. The van der Waals surface area contributed by atoms with Crippen molar-refractivity contribution >= 4 is 11.5 Å². The Morgan fingerprint density at radius 3 is 2.65 bits per heavy atom. The molecule has 0 spiro atoms. The Kier molecular flexibility index (Phi) is 3.78. The maximum atomic E-state index is 12.7. The lowest BCUT2D eigenvalue weighted by Crippen LogP contribution is -2.20. The normalized spacial score (nSPS) is 12.6. The van der Waals surface area contributed by atoms with Crippen molar-refractivity contribution < 1.29 is 4.39 Å². The van der Waals surface area contributed by atoms with Crippen LogP contribution in [-0.4, -0.2) is 15.9 Å². The van der Waals surface area contributed by atoms with Crippen molar-refractivity contribution in [1.29, 1.82) is 0 Å². The standard InChI is InChI=1S/C11H13FN4S/c12-8-3-1-7(2-4-8)5-10-15-11(17-16-10)9(14)6-13/h1-4,9H,5-6,13-14H2. The van der Waals surface area contributed by atoms with Crippen molar-refractivity contribution in [3.05, 3.63) is 46.5 Å². The molecule has 0 amide bonds.